The number of carbonyl (C=O) groups excluding carboxylic acids is 1. The van der Waals surface area contributed by atoms with Crippen LogP contribution in [0.2, 0.25) is 0 Å². The van der Waals surface area contributed by atoms with Crippen LogP contribution in [0.15, 0.2) is 71.6 Å². The molecule has 0 spiro atoms. The largest absolute Gasteiger partial charge is 0.475 e. The molecular formula is C37H45ClN6O4S. The number of nitrogens with zero attached hydrogens (tertiary/aromatic N) is 5. The molecular weight excluding hydrogens is 660 g/mol. The van der Waals surface area contributed by atoms with Gasteiger partial charge in [-0.25, -0.2) is 23.1 Å². The van der Waals surface area contributed by atoms with Gasteiger partial charge in [-0.1, -0.05) is 51.1 Å². The second-order valence-electron chi connectivity index (χ2n) is 14.1. The second-order valence-corrected chi connectivity index (χ2v) is 15.8. The van der Waals surface area contributed by atoms with E-state index in [4.69, 9.17) is 9.72 Å². The van der Waals surface area contributed by atoms with Crippen molar-refractivity contribution in [2.45, 2.75) is 84.3 Å². The molecule has 6 rings (SSSR count). The first-order chi connectivity index (χ1) is 22.8. The molecule has 2 aromatic carbocycles. The molecule has 1 N–H and O–H groups in total. The van der Waals surface area contributed by atoms with Crippen molar-refractivity contribution in [2.75, 3.05) is 22.8 Å². The van der Waals surface area contributed by atoms with E-state index in [1.54, 1.807) is 23.1 Å². The average Bonchev–Trinajstić information content (AvgIpc) is 3.46. The Morgan fingerprint density at radius 1 is 0.959 bits per heavy atom. The Kier molecular flexibility index (Phi) is 10.5. The predicted molar refractivity (Wildman–Crippen MR) is 195 cm³/mol. The fourth-order valence-corrected chi connectivity index (χ4v) is 7.70. The van der Waals surface area contributed by atoms with Crippen molar-refractivity contribution in [1.82, 2.24) is 19.9 Å². The van der Waals surface area contributed by atoms with Crippen molar-refractivity contribution >= 4 is 40.1 Å². The minimum Gasteiger partial charge on any atom is -0.475 e. The van der Waals surface area contributed by atoms with Crippen LogP contribution in [0.4, 0.5) is 11.8 Å². The number of carbonyl (C=O) groups is 1. The third-order valence-corrected chi connectivity index (χ3v) is 10.3. The molecule has 1 fully saturated rings. The summed E-state index contributed by atoms with van der Waals surface area (Å²) in [5, 5.41) is 0. The van der Waals surface area contributed by atoms with Crippen LogP contribution in [-0.4, -0.2) is 59.4 Å². The molecule has 1 saturated heterocycles. The number of ether oxygens (including phenoxy) is 1. The Balaban J connectivity index is 0.00000468. The number of anilines is 2. The summed E-state index contributed by atoms with van der Waals surface area (Å²) in [4.78, 5) is 32.7. The third kappa shape index (κ3) is 8.16. The zero-order valence-corrected chi connectivity index (χ0v) is 30.6. The minimum absolute atomic E-state index is 0. The first-order valence-corrected chi connectivity index (χ1v) is 18.0. The van der Waals surface area contributed by atoms with Gasteiger partial charge in [-0.15, -0.1) is 12.4 Å². The van der Waals surface area contributed by atoms with Crippen molar-refractivity contribution in [1.29, 1.82) is 0 Å². The normalized spacial score (nSPS) is 19.1. The quantitative estimate of drug-likeness (QED) is 0.232. The summed E-state index contributed by atoms with van der Waals surface area (Å²) in [6.07, 6.45) is 2.84. The van der Waals surface area contributed by atoms with Crippen LogP contribution in [0.25, 0.3) is 11.3 Å². The van der Waals surface area contributed by atoms with E-state index >= 15 is 0 Å². The van der Waals surface area contributed by atoms with Crippen molar-refractivity contribution in [3.8, 4) is 17.1 Å². The summed E-state index contributed by atoms with van der Waals surface area (Å²) in [7, 11) is -4.16. The Morgan fingerprint density at radius 3 is 2.37 bits per heavy atom. The molecule has 49 heavy (non-hydrogen) atoms. The molecule has 10 nitrogen and oxygen atoms in total. The lowest BCUT2D eigenvalue weighted by atomic mass is 9.87. The second kappa shape index (κ2) is 14.3. The number of sulfonamides is 1. The molecule has 4 aromatic rings. The fraction of sp³-hybridized carbons (Fsp3) is 0.405. The number of fused-ring (bicyclic) bond motifs is 4. The van der Waals surface area contributed by atoms with E-state index in [1.165, 1.54) is 12.1 Å². The third-order valence-electron chi connectivity index (χ3n) is 9.00. The summed E-state index contributed by atoms with van der Waals surface area (Å²) in [5.74, 6) is 0.689. The predicted octanol–water partition coefficient (Wildman–Crippen LogP) is 7.21. The summed E-state index contributed by atoms with van der Waals surface area (Å²) >= 11 is 0. The highest BCUT2D eigenvalue weighted by Crippen LogP contribution is 2.32. The number of aryl methyl sites for hydroxylation is 2. The molecule has 4 bridgehead atoms. The summed E-state index contributed by atoms with van der Waals surface area (Å²) < 4.78 is 36.4. The fourth-order valence-electron chi connectivity index (χ4n) is 6.71. The van der Waals surface area contributed by atoms with Crippen molar-refractivity contribution in [2.24, 2.45) is 5.41 Å². The van der Waals surface area contributed by atoms with Gasteiger partial charge in [0.05, 0.1) is 28.9 Å². The van der Waals surface area contributed by atoms with Gasteiger partial charge < -0.3 is 14.5 Å². The molecule has 260 valence electrons. The number of amides is 1. The number of nitrogens with one attached hydrogen (secondary N) is 1. The summed E-state index contributed by atoms with van der Waals surface area (Å²) in [6.45, 7) is 13.9. The van der Waals surface area contributed by atoms with E-state index in [1.807, 2.05) is 50.2 Å². The Bertz CT molecular complexity index is 1930. The molecule has 12 heteroatoms. The molecule has 1 amide bonds. The van der Waals surface area contributed by atoms with Gasteiger partial charge in [0.25, 0.3) is 15.9 Å². The van der Waals surface area contributed by atoms with Gasteiger partial charge in [0.1, 0.15) is 12.4 Å². The minimum atomic E-state index is -4.16. The van der Waals surface area contributed by atoms with Crippen molar-refractivity contribution in [3.05, 3.63) is 89.1 Å². The topological polar surface area (TPSA) is 118 Å². The van der Waals surface area contributed by atoms with E-state index in [9.17, 15) is 13.2 Å². The Labute approximate surface area is 295 Å². The van der Waals surface area contributed by atoms with Gasteiger partial charge in [0.2, 0.25) is 11.8 Å². The van der Waals surface area contributed by atoms with Crippen LogP contribution >= 0.6 is 12.4 Å². The lowest BCUT2D eigenvalue weighted by Gasteiger charge is -2.35. The molecule has 0 aliphatic carbocycles. The molecule has 0 radical (unpaired) electrons. The van der Waals surface area contributed by atoms with E-state index in [0.717, 1.165) is 47.6 Å². The smallest absolute Gasteiger partial charge is 0.264 e. The van der Waals surface area contributed by atoms with E-state index in [2.05, 4.69) is 47.3 Å². The number of aromatic nitrogens is 3. The number of benzene rings is 2. The van der Waals surface area contributed by atoms with Gasteiger partial charge in [-0.2, -0.15) is 4.98 Å². The SMILES string of the molecule is Cc1cccc(C)c1-c1cc2nc(n1)NS(=O)(=O)c1cccc(c1)C(=O)N(Cc1cccc(N3CCC[C@H]3C)n1)[C@H](CC(C)(C)C)CO2.Cl. The Morgan fingerprint density at radius 2 is 1.67 bits per heavy atom. The number of rotatable bonds is 5. The van der Waals surface area contributed by atoms with Gasteiger partial charge in [-0.3, -0.25) is 4.79 Å². The highest BCUT2D eigenvalue weighted by atomic mass is 35.5. The van der Waals surface area contributed by atoms with Crippen LogP contribution in [-0.2, 0) is 16.6 Å². The van der Waals surface area contributed by atoms with Crippen molar-refractivity contribution < 1.29 is 17.9 Å². The maximum atomic E-state index is 14.5. The molecule has 2 atom stereocenters. The number of pyridine rings is 1. The highest BCUT2D eigenvalue weighted by Gasteiger charge is 2.32. The molecule has 2 aliphatic heterocycles. The van der Waals surface area contributed by atoms with E-state index in [0.29, 0.717) is 18.2 Å². The van der Waals surface area contributed by atoms with E-state index in [-0.39, 0.29) is 59.2 Å². The summed E-state index contributed by atoms with van der Waals surface area (Å²) in [5.41, 5.74) is 4.21. The number of hydrogen-bond donors (Lipinski definition) is 1. The maximum Gasteiger partial charge on any atom is 0.264 e. The molecule has 0 unspecified atom stereocenters. The molecule has 4 heterocycles. The number of hydrogen-bond acceptors (Lipinski definition) is 8. The highest BCUT2D eigenvalue weighted by molar-refractivity contribution is 7.92. The molecule has 2 aliphatic rings. The van der Waals surface area contributed by atoms with E-state index < -0.39 is 16.1 Å². The van der Waals surface area contributed by atoms with Crippen LogP contribution < -0.4 is 14.4 Å². The zero-order valence-electron chi connectivity index (χ0n) is 28.9. The van der Waals surface area contributed by atoms with Gasteiger partial charge in [-0.05, 0) is 86.9 Å². The molecule has 0 saturated carbocycles. The van der Waals surface area contributed by atoms with Gasteiger partial charge in [0.15, 0.2) is 0 Å². The first-order valence-electron chi connectivity index (χ1n) is 16.5. The standard InChI is InChI=1S/C37H44N6O4S.ClH/c1-24-11-7-12-25(2)34(24)31-20-33-40-36(39-31)41-48(45,46)30-16-8-14-27(19-30)35(44)43(29(23-47-33)21-37(4,5)6)22-28-15-9-17-32(38-28)42-18-10-13-26(42)3;/h7-9,11-12,14-17,19-20,26,29H,10,13,18,21-23H2,1-6H3,(H,39,40,41);1H/t26-,29-;/m1./s1. The van der Waals surface area contributed by atoms with Crippen molar-refractivity contribution in [3.63, 3.8) is 0 Å². The van der Waals surface area contributed by atoms with Crippen LogP contribution in [0, 0.1) is 19.3 Å². The zero-order chi connectivity index (χ0) is 34.2. The average molecular weight is 705 g/mol. The Hall–Kier alpha value is -4.22. The lowest BCUT2D eigenvalue weighted by molar-refractivity contribution is 0.0509. The van der Waals surface area contributed by atoms with Gasteiger partial charge >= 0.3 is 0 Å². The first kappa shape index (κ1) is 36.1. The van der Waals surface area contributed by atoms with Crippen LogP contribution in [0.1, 0.15) is 74.1 Å². The number of halogens is 1. The van der Waals surface area contributed by atoms with Crippen LogP contribution in [0.5, 0.6) is 5.88 Å². The van der Waals surface area contributed by atoms with Gasteiger partial charge in [0, 0.05) is 29.8 Å². The van der Waals surface area contributed by atoms with Crippen LogP contribution in [0.3, 0.4) is 0 Å². The monoisotopic (exact) mass is 704 g/mol. The molecule has 2 aromatic heterocycles. The lowest BCUT2D eigenvalue weighted by Crippen LogP contribution is -2.45. The summed E-state index contributed by atoms with van der Waals surface area (Å²) in [6, 6.07) is 19.7. The maximum absolute atomic E-state index is 14.5.